The van der Waals surface area contributed by atoms with Crippen LogP contribution < -0.4 is 0 Å². The zero-order valence-electron chi connectivity index (χ0n) is 40.0. The van der Waals surface area contributed by atoms with Crippen molar-refractivity contribution in [3.05, 3.63) is 274 Å². The van der Waals surface area contributed by atoms with Gasteiger partial charge in [-0.3, -0.25) is 0 Å². The Morgan fingerprint density at radius 1 is 0.293 bits per heavy atom. The summed E-state index contributed by atoms with van der Waals surface area (Å²) in [6.07, 6.45) is 0. The molecule has 11 aromatic carbocycles. The first-order valence-corrected chi connectivity index (χ1v) is 26.2. The van der Waals surface area contributed by atoms with Crippen molar-refractivity contribution >= 4 is 54.9 Å². The summed E-state index contributed by atoms with van der Waals surface area (Å²) < 4.78 is 0. The summed E-state index contributed by atoms with van der Waals surface area (Å²) in [6, 6.07) is 84.1. The highest BCUT2D eigenvalue weighted by atomic mass is 32.1. The van der Waals surface area contributed by atoms with Crippen LogP contribution in [-0.2, 0) is 10.8 Å². The van der Waals surface area contributed by atoms with E-state index in [1.54, 1.807) is 11.3 Å². The van der Waals surface area contributed by atoms with Crippen LogP contribution in [0.25, 0.3) is 109 Å². The van der Waals surface area contributed by atoms with Crippen molar-refractivity contribution in [2.24, 2.45) is 0 Å². The van der Waals surface area contributed by atoms with Crippen LogP contribution in [0.1, 0.15) is 55.6 Å². The van der Waals surface area contributed by atoms with E-state index in [0.29, 0.717) is 22.2 Å². The largest absolute Gasteiger partial charge is 0.242 e. The predicted molar refractivity (Wildman–Crippen MR) is 303 cm³/mol. The van der Waals surface area contributed by atoms with Gasteiger partial charge in [0.2, 0.25) is 0 Å². The Balaban J connectivity index is 1.03. The third kappa shape index (κ3) is 4.86. The Hall–Kier alpha value is -9.78. The zero-order chi connectivity index (χ0) is 49.3. The topological polar surface area (TPSA) is 73.4 Å². The van der Waals surface area contributed by atoms with Gasteiger partial charge in [-0.15, -0.1) is 11.3 Å². The van der Waals surface area contributed by atoms with E-state index >= 15 is 0 Å². The molecular formula is C70H36N4S. The van der Waals surface area contributed by atoms with Crippen LogP contribution in [0.5, 0.6) is 0 Å². The molecule has 17 rings (SSSR count). The zero-order valence-corrected chi connectivity index (χ0v) is 40.8. The number of aromatic nitrogens is 2. The second-order valence-electron chi connectivity index (χ2n) is 20.4. The Morgan fingerprint density at radius 2 is 0.600 bits per heavy atom. The smallest absolute Gasteiger partial charge is 0.109 e. The van der Waals surface area contributed by atoms with Crippen molar-refractivity contribution < 1.29 is 0 Å². The monoisotopic (exact) mass is 964 g/mol. The third-order valence-electron chi connectivity index (χ3n) is 17.2. The van der Waals surface area contributed by atoms with Crippen LogP contribution in [0.3, 0.4) is 0 Å². The van der Waals surface area contributed by atoms with E-state index in [0.717, 1.165) is 53.5 Å². The minimum absolute atomic E-state index is 0.531. The second kappa shape index (κ2) is 14.5. The van der Waals surface area contributed by atoms with Gasteiger partial charge in [-0.05, 0) is 124 Å². The highest BCUT2D eigenvalue weighted by Gasteiger charge is 2.54. The first-order chi connectivity index (χ1) is 37.1. The molecule has 13 aromatic rings. The summed E-state index contributed by atoms with van der Waals surface area (Å²) in [6.45, 7) is 0. The fourth-order valence-corrected chi connectivity index (χ4v) is 15.7. The molecule has 4 aliphatic rings. The quantitative estimate of drug-likeness (QED) is 0.162. The van der Waals surface area contributed by atoms with Crippen LogP contribution in [0.4, 0.5) is 0 Å². The molecule has 0 fully saturated rings. The lowest BCUT2D eigenvalue weighted by molar-refractivity contribution is 0.794. The normalized spacial score (nSPS) is 14.1. The number of hydrogen-bond acceptors (Lipinski definition) is 5. The fourth-order valence-electron chi connectivity index (χ4n) is 14.4. The van der Waals surface area contributed by atoms with Gasteiger partial charge in [0, 0.05) is 21.9 Å². The molecule has 2 aromatic heterocycles. The summed E-state index contributed by atoms with van der Waals surface area (Å²) in [5.74, 6) is 0. The van der Waals surface area contributed by atoms with Crippen LogP contribution in [0.2, 0.25) is 0 Å². The van der Waals surface area contributed by atoms with E-state index in [4.69, 9.17) is 9.97 Å². The van der Waals surface area contributed by atoms with E-state index in [-0.39, 0.29) is 0 Å². The lowest BCUT2D eigenvalue weighted by atomic mass is 9.70. The maximum Gasteiger partial charge on any atom is 0.109 e. The van der Waals surface area contributed by atoms with Crippen LogP contribution in [-0.4, -0.2) is 9.97 Å². The van der Waals surface area contributed by atoms with E-state index < -0.39 is 10.8 Å². The van der Waals surface area contributed by atoms with Gasteiger partial charge >= 0.3 is 0 Å². The number of thiophene rings is 1. The maximum atomic E-state index is 10.3. The lowest BCUT2D eigenvalue weighted by Gasteiger charge is -2.30. The van der Waals surface area contributed by atoms with E-state index in [1.807, 2.05) is 36.4 Å². The highest BCUT2D eigenvalue weighted by Crippen LogP contribution is 2.67. The Morgan fingerprint density at radius 3 is 0.960 bits per heavy atom. The molecule has 4 aliphatic carbocycles. The van der Waals surface area contributed by atoms with Crippen LogP contribution >= 0.6 is 11.3 Å². The second-order valence-corrected chi connectivity index (χ2v) is 21.4. The summed E-state index contributed by atoms with van der Waals surface area (Å²) in [7, 11) is 0. The molecule has 0 bridgehead atoms. The van der Waals surface area contributed by atoms with Gasteiger partial charge < -0.3 is 0 Å². The minimum atomic E-state index is -0.531. The minimum Gasteiger partial charge on any atom is -0.242 e. The molecule has 2 heterocycles. The standard InChI is InChI=1S/C70H36N4S/c71-37-39-31-33-41-42-34-32-40(38-72)36-52(42)64-63(51(41)35-39)73-65-66(74-64)68(50-22-14-30-60-62(50)48-20-6-12-28-58(48)70(60)55-25-9-3-17-45(55)46-18-4-10-26-56(46)70)75-67(65)49-21-13-29-59-61(49)47-19-5-11-27-57(47)69(59)53-23-7-1-15-43(53)44-16-2-8-24-54(44)69/h1-36H. The Bertz CT molecular complexity index is 4490. The van der Waals surface area contributed by atoms with Gasteiger partial charge in [0.25, 0.3) is 0 Å². The molecule has 4 nitrogen and oxygen atoms in total. The molecule has 2 spiro atoms. The SMILES string of the molecule is N#Cc1ccc2c3ccc(C#N)cc3c3nc4c(-c5cccc6c5-c5ccccc5C65c6ccccc6-c6ccccc65)sc(-c5cccc6c5-c5ccccc5C65c6ccccc6-c6ccccc65)c4nc3c2c1. The number of rotatable bonds is 2. The van der Waals surface area contributed by atoms with E-state index in [9.17, 15) is 10.5 Å². The fraction of sp³-hybridized carbons (Fsp3) is 0.0286. The van der Waals surface area contributed by atoms with Gasteiger partial charge in [-0.25, -0.2) is 9.97 Å². The number of nitriles is 2. The molecule has 0 saturated heterocycles. The molecule has 5 heteroatoms. The number of benzene rings is 11. The molecule has 0 aliphatic heterocycles. The van der Waals surface area contributed by atoms with Gasteiger partial charge in [0.05, 0.1) is 54.9 Å². The number of nitrogens with zero attached hydrogens (tertiary/aromatic N) is 4. The van der Waals surface area contributed by atoms with Gasteiger partial charge in [0.15, 0.2) is 0 Å². The van der Waals surface area contributed by atoms with Crippen molar-refractivity contribution in [3.63, 3.8) is 0 Å². The van der Waals surface area contributed by atoms with Gasteiger partial charge in [-0.1, -0.05) is 194 Å². The summed E-state index contributed by atoms with van der Waals surface area (Å²) in [5.41, 5.74) is 25.4. The molecule has 0 radical (unpaired) electrons. The molecule has 0 unspecified atom stereocenters. The first-order valence-electron chi connectivity index (χ1n) is 25.4. The first kappa shape index (κ1) is 40.8. The summed E-state index contributed by atoms with van der Waals surface area (Å²) >= 11 is 1.77. The van der Waals surface area contributed by atoms with E-state index in [1.165, 1.54) is 89.0 Å². The van der Waals surface area contributed by atoms with Crippen molar-refractivity contribution in [2.45, 2.75) is 10.8 Å². The molecule has 342 valence electrons. The van der Waals surface area contributed by atoms with Crippen LogP contribution in [0.15, 0.2) is 218 Å². The van der Waals surface area contributed by atoms with Gasteiger partial charge in [0.1, 0.15) is 11.0 Å². The highest BCUT2D eigenvalue weighted by molar-refractivity contribution is 7.21. The predicted octanol–water partition coefficient (Wildman–Crippen LogP) is 16.9. The average molecular weight is 965 g/mol. The average Bonchev–Trinajstić information content (AvgIpc) is 4.45. The molecule has 0 atom stereocenters. The molecule has 0 N–H and O–H groups in total. The van der Waals surface area contributed by atoms with E-state index in [2.05, 4.69) is 194 Å². The summed E-state index contributed by atoms with van der Waals surface area (Å²) in [4.78, 5) is 13.8. The molecule has 0 saturated carbocycles. The van der Waals surface area contributed by atoms with Gasteiger partial charge in [-0.2, -0.15) is 10.5 Å². The Kier molecular flexibility index (Phi) is 7.86. The van der Waals surface area contributed by atoms with Crippen molar-refractivity contribution in [1.29, 1.82) is 10.5 Å². The lowest BCUT2D eigenvalue weighted by Crippen LogP contribution is -2.25. The van der Waals surface area contributed by atoms with Crippen molar-refractivity contribution in [2.75, 3.05) is 0 Å². The number of fused-ring (bicyclic) bond motifs is 27. The maximum absolute atomic E-state index is 10.3. The van der Waals surface area contributed by atoms with Crippen LogP contribution in [0, 0.1) is 22.7 Å². The Labute approximate surface area is 435 Å². The van der Waals surface area contributed by atoms with Crippen molar-refractivity contribution in [3.8, 4) is 77.5 Å². The molecule has 75 heavy (non-hydrogen) atoms. The van der Waals surface area contributed by atoms with Crippen molar-refractivity contribution in [1.82, 2.24) is 9.97 Å². The summed E-state index contributed by atoms with van der Waals surface area (Å²) in [5, 5.41) is 24.3. The molecule has 0 amide bonds. The molecular weight excluding hydrogens is 929 g/mol. The number of hydrogen-bond donors (Lipinski definition) is 0. The third-order valence-corrected chi connectivity index (χ3v) is 18.4.